The van der Waals surface area contributed by atoms with E-state index in [-0.39, 0.29) is 17.1 Å². The first kappa shape index (κ1) is 15.7. The van der Waals surface area contributed by atoms with E-state index in [2.05, 4.69) is 17.6 Å². The third-order valence-corrected chi connectivity index (χ3v) is 4.32. The number of carbonyl (C=O) groups excluding carboxylic acids is 2. The molecule has 1 saturated heterocycles. The highest BCUT2D eigenvalue weighted by Gasteiger charge is 2.38. The fourth-order valence-electron chi connectivity index (χ4n) is 3.03. The number of carbonyl (C=O) groups is 2. The average molecular weight is 288 g/mol. The molecule has 0 saturated carbocycles. The fourth-order valence-corrected chi connectivity index (χ4v) is 3.03. The molecule has 0 unspecified atom stereocenters. The summed E-state index contributed by atoms with van der Waals surface area (Å²) in [7, 11) is 0. The van der Waals surface area contributed by atoms with E-state index in [4.69, 9.17) is 0 Å². The van der Waals surface area contributed by atoms with Crippen molar-refractivity contribution in [1.82, 2.24) is 5.32 Å². The lowest BCUT2D eigenvalue weighted by Crippen LogP contribution is -2.44. The third-order valence-electron chi connectivity index (χ3n) is 4.32. The summed E-state index contributed by atoms with van der Waals surface area (Å²) in [5, 5.41) is 6.34. The minimum atomic E-state index is -0.251. The van der Waals surface area contributed by atoms with Crippen LogP contribution in [0.5, 0.6) is 0 Å². The molecule has 4 heteroatoms. The molecule has 114 valence electrons. The summed E-state index contributed by atoms with van der Waals surface area (Å²) in [6.07, 6.45) is 3.71. The number of ketones is 1. The molecule has 1 amide bonds. The number of hydrogen-bond donors (Lipinski definition) is 2. The van der Waals surface area contributed by atoms with Gasteiger partial charge in [-0.3, -0.25) is 9.59 Å². The summed E-state index contributed by atoms with van der Waals surface area (Å²) in [6, 6.07) is 7.12. The number of benzene rings is 1. The van der Waals surface area contributed by atoms with Crippen LogP contribution in [-0.2, 0) is 4.79 Å². The summed E-state index contributed by atoms with van der Waals surface area (Å²) >= 11 is 0. The second-order valence-electron chi connectivity index (χ2n) is 5.87. The zero-order chi connectivity index (χ0) is 15.3. The lowest BCUT2D eigenvalue weighted by atomic mass is 9.74. The van der Waals surface area contributed by atoms with E-state index in [1.165, 1.54) is 0 Å². The van der Waals surface area contributed by atoms with Crippen LogP contribution in [0.4, 0.5) is 5.69 Å². The quantitative estimate of drug-likeness (QED) is 0.819. The number of nitrogens with one attached hydrogen (secondary N) is 2. The lowest BCUT2D eigenvalue weighted by molar-refractivity contribution is -0.127. The van der Waals surface area contributed by atoms with Crippen LogP contribution in [0.1, 0.15) is 49.9 Å². The Labute approximate surface area is 126 Å². The Hall–Kier alpha value is -1.68. The molecule has 2 N–H and O–H groups in total. The lowest BCUT2D eigenvalue weighted by Gasteiger charge is -2.36. The normalized spacial score (nSPS) is 17.2. The zero-order valence-electron chi connectivity index (χ0n) is 12.9. The van der Waals surface area contributed by atoms with Gasteiger partial charge in [0.2, 0.25) is 5.91 Å². The van der Waals surface area contributed by atoms with Gasteiger partial charge in [0.05, 0.1) is 5.41 Å². The van der Waals surface area contributed by atoms with E-state index in [1.54, 1.807) is 31.2 Å². The van der Waals surface area contributed by atoms with Crippen LogP contribution >= 0.6 is 0 Å². The van der Waals surface area contributed by atoms with Gasteiger partial charge in [-0.1, -0.05) is 13.3 Å². The number of rotatable bonds is 5. The molecule has 1 heterocycles. The first-order chi connectivity index (χ1) is 10.1. The van der Waals surface area contributed by atoms with Crippen molar-refractivity contribution in [2.45, 2.75) is 39.5 Å². The summed E-state index contributed by atoms with van der Waals surface area (Å²) in [5.41, 5.74) is 1.18. The Morgan fingerprint density at radius 3 is 2.33 bits per heavy atom. The van der Waals surface area contributed by atoms with E-state index in [1.807, 2.05) is 0 Å². The SMILES string of the molecule is CCCC1(C(=O)Nc2ccc(C(C)=O)cc2)CCNCC1. The molecule has 1 fully saturated rings. The van der Waals surface area contributed by atoms with Gasteiger partial charge in [-0.15, -0.1) is 0 Å². The fraction of sp³-hybridized carbons (Fsp3) is 0.529. The van der Waals surface area contributed by atoms with Crippen LogP contribution in [-0.4, -0.2) is 24.8 Å². The molecular formula is C17H24N2O2. The van der Waals surface area contributed by atoms with Crippen molar-refractivity contribution in [1.29, 1.82) is 0 Å². The molecule has 1 aromatic rings. The Bertz CT molecular complexity index is 497. The van der Waals surface area contributed by atoms with Crippen LogP contribution in [0.2, 0.25) is 0 Å². The highest BCUT2D eigenvalue weighted by atomic mass is 16.2. The van der Waals surface area contributed by atoms with Gasteiger partial charge >= 0.3 is 0 Å². The molecule has 1 aliphatic rings. The molecule has 4 nitrogen and oxygen atoms in total. The zero-order valence-corrected chi connectivity index (χ0v) is 12.9. The summed E-state index contributed by atoms with van der Waals surface area (Å²) < 4.78 is 0. The predicted octanol–water partition coefficient (Wildman–Crippen LogP) is 3.00. The average Bonchev–Trinajstić information content (AvgIpc) is 2.49. The largest absolute Gasteiger partial charge is 0.326 e. The molecule has 0 aliphatic carbocycles. The highest BCUT2D eigenvalue weighted by molar-refractivity contribution is 5.97. The number of hydrogen-bond acceptors (Lipinski definition) is 3. The summed E-state index contributed by atoms with van der Waals surface area (Å²) in [4.78, 5) is 24.0. The van der Waals surface area contributed by atoms with Gasteiger partial charge in [-0.25, -0.2) is 0 Å². The van der Waals surface area contributed by atoms with Crippen molar-refractivity contribution < 1.29 is 9.59 Å². The van der Waals surface area contributed by atoms with E-state index in [0.29, 0.717) is 5.56 Å². The van der Waals surface area contributed by atoms with Crippen LogP contribution in [0, 0.1) is 5.41 Å². The van der Waals surface area contributed by atoms with Crippen molar-refractivity contribution in [2.24, 2.45) is 5.41 Å². The molecule has 0 radical (unpaired) electrons. The van der Waals surface area contributed by atoms with E-state index in [9.17, 15) is 9.59 Å². The molecule has 0 spiro atoms. The Morgan fingerprint density at radius 2 is 1.81 bits per heavy atom. The Balaban J connectivity index is 2.09. The van der Waals surface area contributed by atoms with Crippen LogP contribution < -0.4 is 10.6 Å². The highest BCUT2D eigenvalue weighted by Crippen LogP contribution is 2.35. The van der Waals surface area contributed by atoms with Crippen molar-refractivity contribution in [3.8, 4) is 0 Å². The number of amides is 1. The van der Waals surface area contributed by atoms with Crippen molar-refractivity contribution in [3.05, 3.63) is 29.8 Å². The second kappa shape index (κ2) is 6.85. The standard InChI is InChI=1S/C17H24N2O2/c1-3-8-17(9-11-18-12-10-17)16(21)19-15-6-4-14(5-7-15)13(2)20/h4-7,18H,3,8-12H2,1-2H3,(H,19,21). The Kier molecular flexibility index (Phi) is 5.12. The minimum Gasteiger partial charge on any atom is -0.326 e. The smallest absolute Gasteiger partial charge is 0.230 e. The van der Waals surface area contributed by atoms with Gasteiger partial charge in [-0.05, 0) is 63.5 Å². The molecule has 0 aromatic heterocycles. The maximum Gasteiger partial charge on any atom is 0.230 e. The van der Waals surface area contributed by atoms with Crippen molar-refractivity contribution in [3.63, 3.8) is 0 Å². The minimum absolute atomic E-state index is 0.0358. The van der Waals surface area contributed by atoms with E-state index < -0.39 is 0 Å². The third kappa shape index (κ3) is 3.70. The first-order valence-electron chi connectivity index (χ1n) is 7.70. The summed E-state index contributed by atoms with van der Waals surface area (Å²) in [5.74, 6) is 0.148. The first-order valence-corrected chi connectivity index (χ1v) is 7.70. The van der Waals surface area contributed by atoms with Gasteiger partial charge in [0.15, 0.2) is 5.78 Å². The molecule has 0 atom stereocenters. The van der Waals surface area contributed by atoms with Crippen LogP contribution in [0.15, 0.2) is 24.3 Å². The van der Waals surface area contributed by atoms with Gasteiger partial charge < -0.3 is 10.6 Å². The second-order valence-corrected chi connectivity index (χ2v) is 5.87. The van der Waals surface area contributed by atoms with E-state index in [0.717, 1.165) is 44.5 Å². The molecule has 1 aromatic carbocycles. The van der Waals surface area contributed by atoms with Crippen LogP contribution in [0.3, 0.4) is 0 Å². The number of piperidine rings is 1. The maximum absolute atomic E-state index is 12.7. The molecular weight excluding hydrogens is 264 g/mol. The molecule has 2 rings (SSSR count). The molecule has 21 heavy (non-hydrogen) atoms. The maximum atomic E-state index is 12.7. The summed E-state index contributed by atoms with van der Waals surface area (Å²) in [6.45, 7) is 5.46. The topological polar surface area (TPSA) is 58.2 Å². The number of Topliss-reactive ketones (excluding diaryl/α,β-unsaturated/α-hetero) is 1. The van der Waals surface area contributed by atoms with Gasteiger partial charge in [-0.2, -0.15) is 0 Å². The molecule has 1 aliphatic heterocycles. The van der Waals surface area contributed by atoms with Gasteiger partial charge in [0.1, 0.15) is 0 Å². The Morgan fingerprint density at radius 1 is 1.19 bits per heavy atom. The van der Waals surface area contributed by atoms with Crippen molar-refractivity contribution >= 4 is 17.4 Å². The van der Waals surface area contributed by atoms with Crippen LogP contribution in [0.25, 0.3) is 0 Å². The van der Waals surface area contributed by atoms with Gasteiger partial charge in [0, 0.05) is 11.3 Å². The van der Waals surface area contributed by atoms with Gasteiger partial charge in [0.25, 0.3) is 0 Å². The monoisotopic (exact) mass is 288 g/mol. The predicted molar refractivity (Wildman–Crippen MR) is 84.5 cm³/mol. The number of anilines is 1. The van der Waals surface area contributed by atoms with E-state index >= 15 is 0 Å². The van der Waals surface area contributed by atoms with Crippen molar-refractivity contribution in [2.75, 3.05) is 18.4 Å². The molecule has 0 bridgehead atoms.